The van der Waals surface area contributed by atoms with Gasteiger partial charge in [-0.3, -0.25) is 14.4 Å². The summed E-state index contributed by atoms with van der Waals surface area (Å²) in [5.74, 6) is -1.69. The van der Waals surface area contributed by atoms with Crippen LogP contribution in [0.4, 0.5) is 5.69 Å². The van der Waals surface area contributed by atoms with Crippen molar-refractivity contribution in [1.82, 2.24) is 9.62 Å². The fourth-order valence-electron chi connectivity index (χ4n) is 2.45. The number of carbonyl (C=O) groups excluding carboxylic acids is 3. The van der Waals surface area contributed by atoms with Crippen LogP contribution in [0.25, 0.3) is 0 Å². The topological polar surface area (TPSA) is 139 Å². The summed E-state index contributed by atoms with van der Waals surface area (Å²) in [6.45, 7) is -0.416. The van der Waals surface area contributed by atoms with Gasteiger partial charge in [0.1, 0.15) is 0 Å². The summed E-state index contributed by atoms with van der Waals surface area (Å²) in [5.41, 5.74) is 5.41. The van der Waals surface area contributed by atoms with Gasteiger partial charge in [-0.05, 0) is 36.4 Å². The largest absolute Gasteiger partial charge is 0.370 e. The number of nitrogens with one attached hydrogen (secondary N) is 2. The zero-order chi connectivity index (χ0) is 22.3. The Morgan fingerprint density at radius 1 is 1.07 bits per heavy atom. The molecular formula is C19H21ClN4O5S. The molecule has 30 heavy (non-hydrogen) atoms. The van der Waals surface area contributed by atoms with E-state index in [0.29, 0.717) is 5.02 Å². The highest BCUT2D eigenvalue weighted by atomic mass is 35.5. The van der Waals surface area contributed by atoms with Crippen molar-refractivity contribution in [2.24, 2.45) is 5.73 Å². The van der Waals surface area contributed by atoms with E-state index in [1.807, 2.05) is 0 Å². The number of carbonyl (C=O) groups is 3. The third kappa shape index (κ3) is 6.28. The van der Waals surface area contributed by atoms with Crippen LogP contribution in [-0.2, 0) is 19.6 Å². The molecule has 0 unspecified atom stereocenters. The number of hydrogen-bond donors (Lipinski definition) is 3. The molecule has 160 valence electrons. The van der Waals surface area contributed by atoms with Gasteiger partial charge in [-0.25, -0.2) is 8.42 Å². The van der Waals surface area contributed by atoms with Crippen LogP contribution in [0.3, 0.4) is 0 Å². The molecule has 2 rings (SSSR count). The highest BCUT2D eigenvalue weighted by molar-refractivity contribution is 7.89. The maximum Gasteiger partial charge on any atom is 0.253 e. The number of amides is 3. The number of rotatable bonds is 9. The van der Waals surface area contributed by atoms with Gasteiger partial charge in [-0.1, -0.05) is 23.7 Å². The summed E-state index contributed by atoms with van der Waals surface area (Å²) in [6.07, 6.45) is -0.0202. The van der Waals surface area contributed by atoms with Crippen LogP contribution >= 0.6 is 11.6 Å². The van der Waals surface area contributed by atoms with Crippen molar-refractivity contribution >= 4 is 45.0 Å². The number of halogens is 1. The van der Waals surface area contributed by atoms with E-state index in [0.717, 1.165) is 4.31 Å². The van der Waals surface area contributed by atoms with Crippen LogP contribution in [0, 0.1) is 0 Å². The van der Waals surface area contributed by atoms with Crippen LogP contribution in [0.1, 0.15) is 16.8 Å². The van der Waals surface area contributed by atoms with Crippen molar-refractivity contribution in [1.29, 1.82) is 0 Å². The van der Waals surface area contributed by atoms with Crippen LogP contribution in [-0.4, -0.2) is 50.6 Å². The van der Waals surface area contributed by atoms with Gasteiger partial charge in [0.05, 0.1) is 22.7 Å². The van der Waals surface area contributed by atoms with Gasteiger partial charge in [0.2, 0.25) is 21.8 Å². The average Bonchev–Trinajstić information content (AvgIpc) is 2.68. The average molecular weight is 453 g/mol. The number of sulfonamides is 1. The lowest BCUT2D eigenvalue weighted by molar-refractivity contribution is -0.118. The molecule has 0 radical (unpaired) electrons. The number of hydrogen-bond acceptors (Lipinski definition) is 5. The monoisotopic (exact) mass is 452 g/mol. The van der Waals surface area contributed by atoms with Gasteiger partial charge in [0.25, 0.3) is 5.91 Å². The second-order valence-corrected chi connectivity index (χ2v) is 8.76. The molecular weight excluding hydrogens is 432 g/mol. The smallest absolute Gasteiger partial charge is 0.253 e. The molecule has 2 aromatic carbocycles. The third-order valence-electron chi connectivity index (χ3n) is 3.99. The number of benzene rings is 2. The van der Waals surface area contributed by atoms with Gasteiger partial charge in [0.15, 0.2) is 0 Å². The van der Waals surface area contributed by atoms with Crippen molar-refractivity contribution in [2.45, 2.75) is 11.3 Å². The first-order chi connectivity index (χ1) is 14.1. The van der Waals surface area contributed by atoms with Crippen molar-refractivity contribution in [3.63, 3.8) is 0 Å². The molecule has 0 aliphatic heterocycles. The Hall–Kier alpha value is -2.95. The summed E-state index contributed by atoms with van der Waals surface area (Å²) in [4.78, 5) is 35.5. The summed E-state index contributed by atoms with van der Waals surface area (Å²) >= 11 is 5.78. The quantitative estimate of drug-likeness (QED) is 0.524. The summed E-state index contributed by atoms with van der Waals surface area (Å²) in [6, 6.07) is 11.8. The van der Waals surface area contributed by atoms with E-state index in [1.165, 1.54) is 43.4 Å². The second kappa shape index (κ2) is 10.2. The number of para-hydroxylation sites is 1. The lowest BCUT2D eigenvalue weighted by Gasteiger charge is -2.17. The van der Waals surface area contributed by atoms with E-state index in [9.17, 15) is 22.8 Å². The Labute approximate surface area is 179 Å². The molecule has 0 saturated heterocycles. The Balaban J connectivity index is 2.06. The molecule has 0 heterocycles. The van der Waals surface area contributed by atoms with Gasteiger partial charge in [-0.2, -0.15) is 4.31 Å². The van der Waals surface area contributed by atoms with Gasteiger partial charge < -0.3 is 16.4 Å². The van der Waals surface area contributed by atoms with E-state index >= 15 is 0 Å². The fourth-order valence-corrected chi connectivity index (χ4v) is 3.70. The molecule has 9 nitrogen and oxygen atoms in total. The summed E-state index contributed by atoms with van der Waals surface area (Å²) < 4.78 is 26.1. The summed E-state index contributed by atoms with van der Waals surface area (Å²) in [7, 11) is -2.63. The first kappa shape index (κ1) is 23.3. The first-order valence-corrected chi connectivity index (χ1v) is 10.6. The Kier molecular flexibility index (Phi) is 7.93. The zero-order valence-electron chi connectivity index (χ0n) is 16.1. The Morgan fingerprint density at radius 3 is 2.33 bits per heavy atom. The normalized spacial score (nSPS) is 11.2. The van der Waals surface area contributed by atoms with Crippen LogP contribution in [0.2, 0.25) is 5.02 Å². The molecule has 0 fully saturated rings. The molecule has 0 aliphatic carbocycles. The molecule has 4 N–H and O–H groups in total. The lowest BCUT2D eigenvalue weighted by atomic mass is 10.1. The Morgan fingerprint density at radius 2 is 1.70 bits per heavy atom. The van der Waals surface area contributed by atoms with Crippen molar-refractivity contribution in [3.8, 4) is 0 Å². The summed E-state index contributed by atoms with van der Waals surface area (Å²) in [5, 5.41) is 5.45. The number of likely N-dealkylation sites (N-methyl/N-ethyl adjacent to an activating group) is 1. The predicted molar refractivity (Wildman–Crippen MR) is 112 cm³/mol. The molecule has 11 heteroatoms. The standard InChI is InChI=1S/C19H21ClN4O5S/c1-24(30(28,29)14-8-6-13(20)7-9-14)12-18(26)23-16-5-3-2-4-15(16)19(27)22-11-10-17(21)25/h2-9H,10-12H2,1H3,(H2,21,25)(H,22,27)(H,23,26). The highest BCUT2D eigenvalue weighted by Crippen LogP contribution is 2.18. The van der Waals surface area contributed by atoms with E-state index in [1.54, 1.807) is 12.1 Å². The third-order valence-corrected chi connectivity index (χ3v) is 6.06. The van der Waals surface area contributed by atoms with Crippen molar-refractivity contribution in [2.75, 3.05) is 25.5 Å². The minimum Gasteiger partial charge on any atom is -0.370 e. The minimum atomic E-state index is -3.90. The first-order valence-electron chi connectivity index (χ1n) is 8.78. The zero-order valence-corrected chi connectivity index (χ0v) is 17.7. The van der Waals surface area contributed by atoms with E-state index in [-0.39, 0.29) is 29.1 Å². The highest BCUT2D eigenvalue weighted by Gasteiger charge is 2.23. The maximum absolute atomic E-state index is 12.6. The molecule has 0 aromatic heterocycles. The molecule has 0 atom stereocenters. The second-order valence-electron chi connectivity index (χ2n) is 6.28. The minimum absolute atomic E-state index is 0.00331. The van der Waals surface area contributed by atoms with E-state index in [2.05, 4.69) is 10.6 Å². The van der Waals surface area contributed by atoms with E-state index < -0.39 is 34.3 Å². The Bertz CT molecular complexity index is 1040. The van der Waals surface area contributed by atoms with Crippen molar-refractivity contribution in [3.05, 3.63) is 59.1 Å². The van der Waals surface area contributed by atoms with Crippen LogP contribution in [0.15, 0.2) is 53.4 Å². The number of nitrogens with zero attached hydrogens (tertiary/aromatic N) is 1. The molecule has 0 bridgehead atoms. The fraction of sp³-hybridized carbons (Fsp3) is 0.211. The molecule has 0 spiro atoms. The number of anilines is 1. The molecule has 0 saturated carbocycles. The van der Waals surface area contributed by atoms with Crippen molar-refractivity contribution < 1.29 is 22.8 Å². The molecule has 3 amide bonds. The molecule has 0 aliphatic rings. The maximum atomic E-state index is 12.6. The van der Waals surface area contributed by atoms with E-state index in [4.69, 9.17) is 17.3 Å². The van der Waals surface area contributed by atoms with Gasteiger partial charge >= 0.3 is 0 Å². The lowest BCUT2D eigenvalue weighted by Crippen LogP contribution is -2.35. The van der Waals surface area contributed by atoms with Gasteiger partial charge in [-0.15, -0.1) is 0 Å². The van der Waals surface area contributed by atoms with Crippen LogP contribution < -0.4 is 16.4 Å². The number of primary amides is 1. The number of nitrogens with two attached hydrogens (primary N) is 1. The van der Waals surface area contributed by atoms with Crippen LogP contribution in [0.5, 0.6) is 0 Å². The SMILES string of the molecule is CN(CC(=O)Nc1ccccc1C(=O)NCCC(N)=O)S(=O)(=O)c1ccc(Cl)cc1. The van der Waals surface area contributed by atoms with Gasteiger partial charge in [0, 0.05) is 25.0 Å². The molecule has 2 aromatic rings. The predicted octanol–water partition coefficient (Wildman–Crippen LogP) is 1.20.